The summed E-state index contributed by atoms with van der Waals surface area (Å²) in [6.45, 7) is 10.4. The van der Waals surface area contributed by atoms with Gasteiger partial charge in [-0.25, -0.2) is 0 Å². The van der Waals surface area contributed by atoms with Gasteiger partial charge in [0.2, 0.25) is 11.8 Å². The fraction of sp³-hybridized carbons (Fsp3) is 0.538. The maximum Gasteiger partial charge on any atom is 0.228 e. The lowest BCUT2D eigenvalue weighted by atomic mass is 9.93. The third-order valence-corrected chi connectivity index (χ3v) is 7.57. The highest BCUT2D eigenvalue weighted by Gasteiger charge is 2.31. The fourth-order valence-corrected chi connectivity index (χ4v) is 5.78. The topological polar surface area (TPSA) is 43.9 Å². The molecule has 1 saturated heterocycles. The van der Waals surface area contributed by atoms with E-state index in [1.165, 1.54) is 16.0 Å². The smallest absolute Gasteiger partial charge is 0.228 e. The summed E-state index contributed by atoms with van der Waals surface area (Å²) in [5, 5.41) is 2.19. The monoisotopic (exact) mass is 453 g/mol. The third kappa shape index (κ3) is 5.07. The predicted molar refractivity (Wildman–Crippen MR) is 130 cm³/mol. The minimum atomic E-state index is -0.375. The van der Waals surface area contributed by atoms with Crippen LogP contribution in [0.3, 0.4) is 0 Å². The molecule has 2 aliphatic heterocycles. The molecule has 0 spiro atoms. The van der Waals surface area contributed by atoms with E-state index in [1.54, 1.807) is 0 Å². The molecule has 2 amide bonds. The van der Waals surface area contributed by atoms with Gasteiger partial charge in [0.25, 0.3) is 0 Å². The van der Waals surface area contributed by atoms with Crippen LogP contribution in [-0.4, -0.2) is 65.8 Å². The molecule has 1 aromatic carbocycles. The summed E-state index contributed by atoms with van der Waals surface area (Å²) >= 11 is 1.85. The number of nitrogens with zero attached hydrogens (tertiary/aromatic N) is 3. The zero-order valence-corrected chi connectivity index (χ0v) is 20.4. The normalized spacial score (nSPS) is 20.0. The molecular formula is C26H35N3O2S. The van der Waals surface area contributed by atoms with Crippen molar-refractivity contribution < 1.29 is 9.59 Å². The molecule has 2 aliphatic rings. The summed E-state index contributed by atoms with van der Waals surface area (Å²) in [5.41, 5.74) is 2.32. The van der Waals surface area contributed by atoms with Crippen molar-refractivity contribution in [1.29, 1.82) is 0 Å². The summed E-state index contributed by atoms with van der Waals surface area (Å²) in [6, 6.07) is 13.1. The van der Waals surface area contributed by atoms with Crippen LogP contribution in [0.4, 0.5) is 0 Å². The molecule has 1 atom stereocenters. The first-order chi connectivity index (χ1) is 15.3. The first-order valence-corrected chi connectivity index (χ1v) is 12.6. The highest BCUT2D eigenvalue weighted by molar-refractivity contribution is 7.10. The van der Waals surface area contributed by atoms with Gasteiger partial charge < -0.3 is 9.80 Å². The first kappa shape index (κ1) is 23.0. The van der Waals surface area contributed by atoms with Crippen LogP contribution in [0, 0.1) is 5.41 Å². The van der Waals surface area contributed by atoms with Gasteiger partial charge in [-0.1, -0.05) is 51.1 Å². The Kier molecular flexibility index (Phi) is 7.01. The summed E-state index contributed by atoms with van der Waals surface area (Å²) in [6.07, 6.45) is 2.43. The van der Waals surface area contributed by atoms with Gasteiger partial charge in [0.15, 0.2) is 0 Å². The van der Waals surface area contributed by atoms with Crippen molar-refractivity contribution >= 4 is 23.2 Å². The van der Waals surface area contributed by atoms with Crippen LogP contribution >= 0.6 is 11.3 Å². The fourth-order valence-electron chi connectivity index (χ4n) is 4.88. The molecule has 2 aromatic rings. The van der Waals surface area contributed by atoms with Gasteiger partial charge in [-0.05, 0) is 35.4 Å². The van der Waals surface area contributed by atoms with Crippen molar-refractivity contribution in [3.05, 3.63) is 57.8 Å². The molecule has 0 aliphatic carbocycles. The second kappa shape index (κ2) is 9.75. The molecular weight excluding hydrogens is 418 g/mol. The van der Waals surface area contributed by atoms with E-state index in [1.807, 2.05) is 41.9 Å². The Bertz CT molecular complexity index is 934. The van der Waals surface area contributed by atoms with Gasteiger partial charge in [-0.3, -0.25) is 14.5 Å². The van der Waals surface area contributed by atoms with E-state index in [2.05, 4.69) is 46.7 Å². The second-order valence-electron chi connectivity index (χ2n) is 9.92. The molecule has 3 heterocycles. The standard InChI is InChI=1S/C26H35N3O2S/c1-26(2,3)25(31)29-14-7-13-27(17-18-29)23(30)11-16-28-15-10-22-21(12-19-32-22)24(28)20-8-5-4-6-9-20/h4-6,8-9,12,19,24H,7,10-11,13-18H2,1-3H3/t24-/m1/s1. The molecule has 172 valence electrons. The Labute approximate surface area is 196 Å². The van der Waals surface area contributed by atoms with E-state index in [0.29, 0.717) is 19.5 Å². The average Bonchev–Trinajstić information content (AvgIpc) is 3.12. The van der Waals surface area contributed by atoms with Crippen LogP contribution in [0.2, 0.25) is 0 Å². The Hall–Kier alpha value is -2.18. The number of hydrogen-bond acceptors (Lipinski definition) is 4. The van der Waals surface area contributed by atoms with Gasteiger partial charge in [0.05, 0.1) is 6.04 Å². The molecule has 0 N–H and O–H groups in total. The van der Waals surface area contributed by atoms with E-state index in [0.717, 1.165) is 39.0 Å². The maximum atomic E-state index is 13.1. The van der Waals surface area contributed by atoms with Gasteiger partial charge in [0.1, 0.15) is 0 Å². The van der Waals surface area contributed by atoms with Crippen molar-refractivity contribution in [2.45, 2.75) is 46.1 Å². The average molecular weight is 454 g/mol. The SMILES string of the molecule is CC(C)(C)C(=O)N1CCCN(C(=O)CCN2CCc3sccc3[C@H]2c2ccccc2)CC1. The van der Waals surface area contributed by atoms with Crippen molar-refractivity contribution in [1.82, 2.24) is 14.7 Å². The number of benzene rings is 1. The molecule has 1 fully saturated rings. The number of carbonyl (C=O) groups is 2. The van der Waals surface area contributed by atoms with Crippen LogP contribution < -0.4 is 0 Å². The Morgan fingerprint density at radius 3 is 2.44 bits per heavy atom. The number of fused-ring (bicyclic) bond motifs is 1. The molecule has 1 aromatic heterocycles. The summed E-state index contributed by atoms with van der Waals surface area (Å²) in [7, 11) is 0. The van der Waals surface area contributed by atoms with Gasteiger partial charge in [-0.2, -0.15) is 0 Å². The zero-order valence-electron chi connectivity index (χ0n) is 19.5. The first-order valence-electron chi connectivity index (χ1n) is 11.8. The minimum absolute atomic E-state index is 0.178. The Morgan fingerprint density at radius 2 is 1.69 bits per heavy atom. The van der Waals surface area contributed by atoms with Gasteiger partial charge in [0, 0.05) is 56.0 Å². The largest absolute Gasteiger partial charge is 0.341 e. The number of hydrogen-bond donors (Lipinski definition) is 0. The Balaban J connectivity index is 1.38. The summed E-state index contributed by atoms with van der Waals surface area (Å²) in [4.78, 5) is 33.6. The van der Waals surface area contributed by atoms with Crippen LogP contribution in [-0.2, 0) is 16.0 Å². The highest BCUT2D eigenvalue weighted by atomic mass is 32.1. The molecule has 0 unspecified atom stereocenters. The van der Waals surface area contributed by atoms with Crippen LogP contribution in [0.25, 0.3) is 0 Å². The van der Waals surface area contributed by atoms with E-state index in [9.17, 15) is 9.59 Å². The molecule has 0 bridgehead atoms. The molecule has 0 radical (unpaired) electrons. The van der Waals surface area contributed by atoms with E-state index >= 15 is 0 Å². The second-order valence-corrected chi connectivity index (χ2v) is 10.9. The number of amides is 2. The minimum Gasteiger partial charge on any atom is -0.341 e. The van der Waals surface area contributed by atoms with Crippen LogP contribution in [0.5, 0.6) is 0 Å². The predicted octanol–water partition coefficient (Wildman–Crippen LogP) is 4.19. The third-order valence-electron chi connectivity index (χ3n) is 6.57. The van der Waals surface area contributed by atoms with E-state index in [4.69, 9.17) is 0 Å². The van der Waals surface area contributed by atoms with E-state index < -0.39 is 0 Å². The Morgan fingerprint density at radius 1 is 0.969 bits per heavy atom. The van der Waals surface area contributed by atoms with Crippen molar-refractivity contribution in [3.63, 3.8) is 0 Å². The van der Waals surface area contributed by atoms with E-state index in [-0.39, 0.29) is 23.3 Å². The lowest BCUT2D eigenvalue weighted by Crippen LogP contribution is -2.43. The highest BCUT2D eigenvalue weighted by Crippen LogP contribution is 2.37. The number of carbonyl (C=O) groups excluding carboxylic acids is 2. The van der Waals surface area contributed by atoms with Gasteiger partial charge >= 0.3 is 0 Å². The zero-order chi connectivity index (χ0) is 22.7. The van der Waals surface area contributed by atoms with Crippen LogP contribution in [0.15, 0.2) is 41.8 Å². The molecule has 4 rings (SSSR count). The van der Waals surface area contributed by atoms with Crippen molar-refractivity contribution in [2.24, 2.45) is 5.41 Å². The van der Waals surface area contributed by atoms with Gasteiger partial charge in [-0.15, -0.1) is 11.3 Å². The van der Waals surface area contributed by atoms with Crippen molar-refractivity contribution in [3.8, 4) is 0 Å². The lowest BCUT2D eigenvalue weighted by molar-refractivity contribution is -0.140. The summed E-state index contributed by atoms with van der Waals surface area (Å²) < 4.78 is 0. The summed E-state index contributed by atoms with van der Waals surface area (Å²) in [5.74, 6) is 0.385. The lowest BCUT2D eigenvalue weighted by Gasteiger charge is -2.36. The van der Waals surface area contributed by atoms with Crippen LogP contribution in [0.1, 0.15) is 55.7 Å². The maximum absolute atomic E-state index is 13.1. The quantitative estimate of drug-likeness (QED) is 0.697. The molecule has 6 heteroatoms. The molecule has 32 heavy (non-hydrogen) atoms. The van der Waals surface area contributed by atoms with Crippen molar-refractivity contribution in [2.75, 3.05) is 39.3 Å². The molecule has 5 nitrogen and oxygen atoms in total. The number of rotatable bonds is 4. The number of thiophene rings is 1. The molecule has 0 saturated carbocycles.